The zero-order valence-electron chi connectivity index (χ0n) is 19.3. The third kappa shape index (κ3) is 6.12. The molecule has 2 amide bonds. The molecule has 2 heterocycles. The molecule has 1 saturated heterocycles. The fourth-order valence-electron chi connectivity index (χ4n) is 3.66. The first-order valence-electron chi connectivity index (χ1n) is 11.2. The van der Waals surface area contributed by atoms with E-state index in [4.69, 9.17) is 0 Å². The molecule has 2 aromatic carbocycles. The van der Waals surface area contributed by atoms with E-state index in [0.717, 1.165) is 38.4 Å². The summed E-state index contributed by atoms with van der Waals surface area (Å²) in [4.78, 5) is 29.6. The number of aromatic nitrogens is 4. The Kier molecular flexibility index (Phi) is 7.76. The third-order valence-electron chi connectivity index (χ3n) is 5.65. The van der Waals surface area contributed by atoms with Crippen molar-refractivity contribution in [1.82, 2.24) is 25.1 Å². The van der Waals surface area contributed by atoms with Gasteiger partial charge in [-0.3, -0.25) is 9.59 Å². The maximum Gasteiger partial charge on any atom is 0.255 e. The summed E-state index contributed by atoms with van der Waals surface area (Å²) in [7, 11) is 1.72. The van der Waals surface area contributed by atoms with Crippen LogP contribution in [-0.4, -0.2) is 75.4 Å². The van der Waals surface area contributed by atoms with E-state index in [0.29, 0.717) is 16.4 Å². The van der Waals surface area contributed by atoms with Gasteiger partial charge in [0, 0.05) is 55.9 Å². The summed E-state index contributed by atoms with van der Waals surface area (Å²) in [5.74, 6) is -0.199. The second kappa shape index (κ2) is 11.1. The van der Waals surface area contributed by atoms with Crippen molar-refractivity contribution >= 4 is 40.6 Å². The molecule has 0 spiro atoms. The van der Waals surface area contributed by atoms with Crippen molar-refractivity contribution in [3.8, 4) is 0 Å². The molecule has 1 fully saturated rings. The Morgan fingerprint density at radius 2 is 1.59 bits per heavy atom. The molecule has 2 N–H and O–H groups in total. The highest BCUT2D eigenvalue weighted by Crippen LogP contribution is 2.20. The number of carbonyl (C=O) groups is 2. The van der Waals surface area contributed by atoms with E-state index >= 15 is 0 Å². The monoisotopic (exact) mass is 480 g/mol. The fourth-order valence-corrected chi connectivity index (χ4v) is 4.31. The molecule has 10 nitrogen and oxygen atoms in total. The molecule has 178 valence electrons. The average Bonchev–Trinajstić information content (AvgIpc) is 3.28. The van der Waals surface area contributed by atoms with Gasteiger partial charge in [-0.05, 0) is 65.5 Å². The lowest BCUT2D eigenvalue weighted by molar-refractivity contribution is -0.113. The lowest BCUT2D eigenvalue weighted by atomic mass is 10.1. The van der Waals surface area contributed by atoms with Crippen molar-refractivity contribution < 1.29 is 9.59 Å². The smallest absolute Gasteiger partial charge is 0.255 e. The lowest BCUT2D eigenvalue weighted by Gasteiger charge is -2.35. The van der Waals surface area contributed by atoms with Gasteiger partial charge < -0.3 is 20.4 Å². The number of rotatable bonds is 8. The molecule has 0 bridgehead atoms. The van der Waals surface area contributed by atoms with Gasteiger partial charge in [-0.15, -0.1) is 5.10 Å². The Labute approximate surface area is 202 Å². The molecular formula is C23H28N8O2S. The van der Waals surface area contributed by atoms with Crippen LogP contribution in [0.1, 0.15) is 17.3 Å². The number of aryl methyl sites for hydroxylation is 1. The number of hydrogen-bond donors (Lipinski definition) is 2. The van der Waals surface area contributed by atoms with Gasteiger partial charge in [-0.1, -0.05) is 18.7 Å². The number of hydrogen-bond acceptors (Lipinski definition) is 8. The number of amides is 2. The SMILES string of the molecule is CCN1CCN(c2ccc(NC(=O)c3ccc(NC(=O)CSc4nnnn4C)cc3)cc2)CC1. The first-order valence-corrected chi connectivity index (χ1v) is 12.1. The Hall–Kier alpha value is -3.44. The van der Waals surface area contributed by atoms with Crippen molar-refractivity contribution in [1.29, 1.82) is 0 Å². The largest absolute Gasteiger partial charge is 0.369 e. The molecule has 1 aliphatic heterocycles. The summed E-state index contributed by atoms with van der Waals surface area (Å²) in [5, 5.41) is 17.4. The summed E-state index contributed by atoms with van der Waals surface area (Å²) in [6.07, 6.45) is 0. The van der Waals surface area contributed by atoms with E-state index in [1.807, 2.05) is 24.3 Å². The van der Waals surface area contributed by atoms with Crippen LogP contribution in [0.15, 0.2) is 53.7 Å². The zero-order valence-corrected chi connectivity index (χ0v) is 20.1. The van der Waals surface area contributed by atoms with Gasteiger partial charge in [0.1, 0.15) is 0 Å². The molecule has 1 aliphatic rings. The molecular weight excluding hydrogens is 452 g/mol. The first kappa shape index (κ1) is 23.7. The van der Waals surface area contributed by atoms with Crippen LogP contribution in [0.5, 0.6) is 0 Å². The standard InChI is InChI=1S/C23H28N8O2S/c1-3-30-12-14-31(15-13-30)20-10-8-19(9-11-20)25-22(33)17-4-6-18(7-5-17)24-21(32)16-34-23-26-27-28-29(23)2/h4-11H,3,12-16H2,1-2H3,(H,24,32)(H,25,33). The van der Waals surface area contributed by atoms with Crippen LogP contribution in [0.3, 0.4) is 0 Å². The quantitative estimate of drug-likeness (QED) is 0.473. The number of nitrogens with one attached hydrogen (secondary N) is 2. The number of piperazine rings is 1. The second-order valence-electron chi connectivity index (χ2n) is 7.92. The van der Waals surface area contributed by atoms with Crippen LogP contribution < -0.4 is 15.5 Å². The summed E-state index contributed by atoms with van der Waals surface area (Å²) in [5.41, 5.74) is 3.04. The van der Waals surface area contributed by atoms with Crippen molar-refractivity contribution in [2.75, 3.05) is 54.0 Å². The normalized spacial score (nSPS) is 14.1. The molecule has 4 rings (SSSR count). The van der Waals surface area contributed by atoms with E-state index < -0.39 is 0 Å². The maximum absolute atomic E-state index is 12.6. The van der Waals surface area contributed by atoms with Crippen molar-refractivity contribution in [3.05, 3.63) is 54.1 Å². The summed E-state index contributed by atoms with van der Waals surface area (Å²) in [6.45, 7) is 7.45. The molecule has 0 saturated carbocycles. The number of thioether (sulfide) groups is 1. The molecule has 0 unspecified atom stereocenters. The van der Waals surface area contributed by atoms with Crippen molar-refractivity contribution in [2.24, 2.45) is 7.05 Å². The van der Waals surface area contributed by atoms with E-state index in [-0.39, 0.29) is 17.6 Å². The Morgan fingerprint density at radius 3 is 2.21 bits per heavy atom. The number of likely N-dealkylation sites (N-methyl/N-ethyl adjacent to an activating group) is 1. The topological polar surface area (TPSA) is 108 Å². The Morgan fingerprint density at radius 1 is 0.941 bits per heavy atom. The van der Waals surface area contributed by atoms with Crippen LogP contribution in [-0.2, 0) is 11.8 Å². The van der Waals surface area contributed by atoms with Crippen LogP contribution in [0.4, 0.5) is 17.1 Å². The molecule has 3 aromatic rings. The minimum absolute atomic E-state index is 0.179. The Balaban J connectivity index is 1.26. The highest BCUT2D eigenvalue weighted by atomic mass is 32.2. The summed E-state index contributed by atoms with van der Waals surface area (Å²) < 4.78 is 1.51. The predicted octanol–water partition coefficient (Wildman–Crippen LogP) is 2.34. The minimum atomic E-state index is -0.201. The molecule has 1 aromatic heterocycles. The zero-order chi connectivity index (χ0) is 23.9. The van der Waals surface area contributed by atoms with E-state index in [1.54, 1.807) is 31.3 Å². The third-order valence-corrected chi connectivity index (χ3v) is 6.66. The number of carbonyl (C=O) groups excluding carboxylic acids is 2. The minimum Gasteiger partial charge on any atom is -0.369 e. The van der Waals surface area contributed by atoms with Crippen molar-refractivity contribution in [3.63, 3.8) is 0 Å². The van der Waals surface area contributed by atoms with Gasteiger partial charge in [0.15, 0.2) is 0 Å². The highest BCUT2D eigenvalue weighted by Gasteiger charge is 2.16. The van der Waals surface area contributed by atoms with E-state index in [1.165, 1.54) is 22.1 Å². The second-order valence-corrected chi connectivity index (χ2v) is 8.86. The predicted molar refractivity (Wildman–Crippen MR) is 133 cm³/mol. The van der Waals surface area contributed by atoms with Crippen LogP contribution in [0, 0.1) is 0 Å². The van der Waals surface area contributed by atoms with E-state index in [2.05, 4.69) is 42.9 Å². The van der Waals surface area contributed by atoms with Gasteiger partial charge in [-0.25, -0.2) is 4.68 Å². The fraction of sp³-hybridized carbons (Fsp3) is 0.348. The molecule has 0 aliphatic carbocycles. The lowest BCUT2D eigenvalue weighted by Crippen LogP contribution is -2.46. The Bertz CT molecular complexity index is 1110. The van der Waals surface area contributed by atoms with Gasteiger partial charge in [0.25, 0.3) is 5.91 Å². The number of tetrazole rings is 1. The number of nitrogens with zero attached hydrogens (tertiary/aromatic N) is 6. The number of anilines is 3. The molecule has 0 atom stereocenters. The summed E-state index contributed by atoms with van der Waals surface area (Å²) in [6, 6.07) is 14.7. The van der Waals surface area contributed by atoms with Gasteiger partial charge in [-0.2, -0.15) is 0 Å². The maximum atomic E-state index is 12.6. The highest BCUT2D eigenvalue weighted by molar-refractivity contribution is 7.99. The van der Waals surface area contributed by atoms with Crippen LogP contribution in [0.2, 0.25) is 0 Å². The van der Waals surface area contributed by atoms with Gasteiger partial charge in [0.05, 0.1) is 5.75 Å². The van der Waals surface area contributed by atoms with Gasteiger partial charge >= 0.3 is 0 Å². The number of benzene rings is 2. The average molecular weight is 481 g/mol. The molecule has 11 heteroatoms. The van der Waals surface area contributed by atoms with Crippen LogP contribution >= 0.6 is 11.8 Å². The summed E-state index contributed by atoms with van der Waals surface area (Å²) >= 11 is 1.25. The van der Waals surface area contributed by atoms with Gasteiger partial charge in [0.2, 0.25) is 11.1 Å². The molecule has 0 radical (unpaired) electrons. The molecule has 34 heavy (non-hydrogen) atoms. The van der Waals surface area contributed by atoms with Crippen molar-refractivity contribution in [2.45, 2.75) is 12.1 Å². The van der Waals surface area contributed by atoms with E-state index in [9.17, 15) is 9.59 Å². The van der Waals surface area contributed by atoms with Crippen LogP contribution in [0.25, 0.3) is 0 Å². The first-order chi connectivity index (χ1) is 16.5.